The lowest BCUT2D eigenvalue weighted by Crippen LogP contribution is -2.07. The van der Waals surface area contributed by atoms with Crippen LogP contribution in [0.25, 0.3) is 11.1 Å². The van der Waals surface area contributed by atoms with Gasteiger partial charge >= 0.3 is 5.97 Å². The van der Waals surface area contributed by atoms with E-state index in [2.05, 4.69) is 41.6 Å². The monoisotopic (exact) mass is 403 g/mol. The zero-order chi connectivity index (χ0) is 21.2. The molecule has 3 aromatic rings. The van der Waals surface area contributed by atoms with Crippen LogP contribution in [-0.2, 0) is 16.1 Å². The Morgan fingerprint density at radius 2 is 1.53 bits per heavy atom. The van der Waals surface area contributed by atoms with Gasteiger partial charge in [0, 0.05) is 0 Å². The van der Waals surface area contributed by atoms with Gasteiger partial charge in [-0.2, -0.15) is 0 Å². The van der Waals surface area contributed by atoms with E-state index < -0.39 is 5.97 Å². The second kappa shape index (κ2) is 10.8. The molecule has 0 unspecified atom stereocenters. The van der Waals surface area contributed by atoms with Crippen molar-refractivity contribution in [1.29, 1.82) is 0 Å². The molecule has 154 valence electrons. The molecule has 0 atom stereocenters. The van der Waals surface area contributed by atoms with Crippen LogP contribution in [0.3, 0.4) is 0 Å². The molecule has 0 aromatic heterocycles. The van der Waals surface area contributed by atoms with E-state index in [0.717, 1.165) is 23.3 Å². The van der Waals surface area contributed by atoms with Gasteiger partial charge in [-0.1, -0.05) is 78.8 Å². The van der Waals surface area contributed by atoms with Crippen LogP contribution >= 0.6 is 0 Å². The molecule has 0 radical (unpaired) electrons. The number of nitrogens with zero attached hydrogens (tertiary/aromatic N) is 1. The minimum Gasteiger partial charge on any atom is -0.490 e. The van der Waals surface area contributed by atoms with Crippen LogP contribution in [0.2, 0.25) is 0 Å². The summed E-state index contributed by atoms with van der Waals surface area (Å²) >= 11 is 0. The van der Waals surface area contributed by atoms with E-state index in [-0.39, 0.29) is 6.42 Å². The highest BCUT2D eigenvalue weighted by Gasteiger charge is 2.04. The summed E-state index contributed by atoms with van der Waals surface area (Å²) in [4.78, 5) is 16.1. The molecule has 0 fully saturated rings. The highest BCUT2D eigenvalue weighted by molar-refractivity contribution is 6.00. The smallest absolute Gasteiger partial charge is 0.307 e. The third-order valence-corrected chi connectivity index (χ3v) is 4.56. The summed E-state index contributed by atoms with van der Waals surface area (Å²) in [5.41, 5.74) is 5.00. The summed E-state index contributed by atoms with van der Waals surface area (Å²) in [5.74, 6) is -0.180. The van der Waals surface area contributed by atoms with Crippen molar-refractivity contribution in [1.82, 2.24) is 0 Å². The Morgan fingerprint density at radius 3 is 2.17 bits per heavy atom. The van der Waals surface area contributed by atoms with Gasteiger partial charge in [-0.05, 0) is 40.8 Å². The molecule has 0 amide bonds. The third kappa shape index (κ3) is 6.21. The summed E-state index contributed by atoms with van der Waals surface area (Å²) in [6.07, 6.45) is 0.765. The molecule has 0 saturated carbocycles. The second-order valence-corrected chi connectivity index (χ2v) is 6.73. The summed E-state index contributed by atoms with van der Waals surface area (Å²) < 4.78 is 5.61. The van der Waals surface area contributed by atoms with Crippen LogP contribution in [0.15, 0.2) is 84.0 Å². The van der Waals surface area contributed by atoms with Crippen LogP contribution < -0.4 is 4.74 Å². The number of hydrogen-bond acceptors (Lipinski definition) is 4. The van der Waals surface area contributed by atoms with Crippen molar-refractivity contribution in [2.24, 2.45) is 5.16 Å². The topological polar surface area (TPSA) is 68.1 Å². The van der Waals surface area contributed by atoms with Crippen molar-refractivity contribution in [3.8, 4) is 16.9 Å². The van der Waals surface area contributed by atoms with Gasteiger partial charge in [-0.15, -0.1) is 0 Å². The Hall–Kier alpha value is -3.60. The summed E-state index contributed by atoms with van der Waals surface area (Å²) in [6.45, 7) is 2.72. The van der Waals surface area contributed by atoms with Gasteiger partial charge in [0.1, 0.15) is 12.4 Å². The first-order chi connectivity index (χ1) is 14.7. The van der Waals surface area contributed by atoms with Crippen LogP contribution in [0.1, 0.15) is 24.5 Å². The maximum Gasteiger partial charge on any atom is 0.307 e. The molecule has 0 aliphatic heterocycles. The summed E-state index contributed by atoms with van der Waals surface area (Å²) in [5, 5.41) is 13.1. The molecule has 0 heterocycles. The number of carbonyl (C=O) groups is 1. The van der Waals surface area contributed by atoms with Gasteiger partial charge < -0.3 is 14.7 Å². The maximum absolute atomic E-state index is 10.7. The number of hydrogen-bond donors (Lipinski definition) is 1. The number of carboxylic acids is 1. The van der Waals surface area contributed by atoms with Crippen molar-refractivity contribution in [2.75, 3.05) is 13.2 Å². The van der Waals surface area contributed by atoms with E-state index in [1.54, 1.807) is 24.3 Å². The first kappa shape index (κ1) is 21.1. The van der Waals surface area contributed by atoms with Crippen molar-refractivity contribution in [3.63, 3.8) is 0 Å². The van der Waals surface area contributed by atoms with Gasteiger partial charge in [0.15, 0.2) is 6.61 Å². The van der Waals surface area contributed by atoms with Crippen LogP contribution in [-0.4, -0.2) is 30.0 Å². The molecule has 0 aliphatic rings. The second-order valence-electron chi connectivity index (χ2n) is 6.73. The van der Waals surface area contributed by atoms with Gasteiger partial charge in [0.05, 0.1) is 12.1 Å². The standard InChI is InChI=1S/C25H25NO4/c1-2-24(22-12-10-21(11-13-22)20-6-4-3-5-7-20)26-30-17-16-29-23-14-8-19(9-15-23)18-25(27)28/h3-15H,2,16-18H2,1H3,(H,27,28). The van der Waals surface area contributed by atoms with Gasteiger partial charge in [0.2, 0.25) is 0 Å². The SMILES string of the molecule is CCC(=NOCCOc1ccc(CC(=O)O)cc1)c1ccc(-c2ccccc2)cc1. The fraction of sp³-hybridized carbons (Fsp3) is 0.200. The van der Waals surface area contributed by atoms with Crippen molar-refractivity contribution < 1.29 is 19.5 Å². The molecule has 0 aliphatic carbocycles. The predicted molar refractivity (Wildman–Crippen MR) is 118 cm³/mol. The molecule has 30 heavy (non-hydrogen) atoms. The molecule has 0 bridgehead atoms. The van der Waals surface area contributed by atoms with Gasteiger partial charge in [0.25, 0.3) is 0 Å². The Morgan fingerprint density at radius 1 is 0.867 bits per heavy atom. The highest BCUT2D eigenvalue weighted by Crippen LogP contribution is 2.20. The zero-order valence-corrected chi connectivity index (χ0v) is 17.0. The molecule has 1 N–H and O–H groups in total. The molecule has 0 saturated heterocycles. The molecular weight excluding hydrogens is 378 g/mol. The largest absolute Gasteiger partial charge is 0.490 e. The first-order valence-electron chi connectivity index (χ1n) is 9.94. The van der Waals surface area contributed by atoms with E-state index in [1.807, 2.05) is 25.1 Å². The van der Waals surface area contributed by atoms with Gasteiger partial charge in [-0.3, -0.25) is 4.79 Å². The third-order valence-electron chi connectivity index (χ3n) is 4.56. The predicted octanol–water partition coefficient (Wildman–Crippen LogP) is 5.19. The average molecular weight is 403 g/mol. The lowest BCUT2D eigenvalue weighted by molar-refractivity contribution is -0.136. The van der Waals surface area contributed by atoms with E-state index in [9.17, 15) is 4.79 Å². The van der Waals surface area contributed by atoms with Crippen molar-refractivity contribution in [3.05, 3.63) is 90.0 Å². The van der Waals surface area contributed by atoms with Crippen LogP contribution in [0, 0.1) is 0 Å². The zero-order valence-electron chi connectivity index (χ0n) is 17.0. The normalized spacial score (nSPS) is 11.2. The highest BCUT2D eigenvalue weighted by atomic mass is 16.6. The number of benzene rings is 3. The fourth-order valence-electron chi connectivity index (χ4n) is 3.01. The first-order valence-corrected chi connectivity index (χ1v) is 9.94. The molecule has 3 aromatic carbocycles. The minimum atomic E-state index is -0.851. The van der Waals surface area contributed by atoms with Crippen LogP contribution in [0.5, 0.6) is 5.75 Å². The van der Waals surface area contributed by atoms with E-state index >= 15 is 0 Å². The lowest BCUT2D eigenvalue weighted by Gasteiger charge is -2.08. The molecule has 5 nitrogen and oxygen atoms in total. The van der Waals surface area contributed by atoms with Crippen molar-refractivity contribution in [2.45, 2.75) is 19.8 Å². The van der Waals surface area contributed by atoms with E-state index in [0.29, 0.717) is 19.0 Å². The van der Waals surface area contributed by atoms with Crippen LogP contribution in [0.4, 0.5) is 0 Å². The fourth-order valence-corrected chi connectivity index (χ4v) is 3.01. The average Bonchev–Trinajstić information content (AvgIpc) is 2.78. The number of rotatable bonds is 10. The maximum atomic E-state index is 10.7. The lowest BCUT2D eigenvalue weighted by atomic mass is 10.0. The molecule has 0 spiro atoms. The van der Waals surface area contributed by atoms with Gasteiger partial charge in [-0.25, -0.2) is 0 Å². The molecule has 3 rings (SSSR count). The molecular formula is C25H25NO4. The summed E-state index contributed by atoms with van der Waals surface area (Å²) in [6, 6.07) is 25.6. The Labute approximate surface area is 176 Å². The Balaban J connectivity index is 1.49. The minimum absolute atomic E-state index is 0.00419. The quantitative estimate of drug-likeness (QED) is 0.287. The number of aliphatic carboxylic acids is 1. The molecule has 5 heteroatoms. The number of carboxylic acid groups (broad SMARTS) is 1. The Bertz CT molecular complexity index is 964. The van der Waals surface area contributed by atoms with Crippen molar-refractivity contribution >= 4 is 11.7 Å². The Kier molecular flexibility index (Phi) is 7.61. The van der Waals surface area contributed by atoms with E-state index in [1.165, 1.54) is 11.1 Å². The summed E-state index contributed by atoms with van der Waals surface area (Å²) in [7, 11) is 0. The van der Waals surface area contributed by atoms with E-state index in [4.69, 9.17) is 14.7 Å². The number of oxime groups is 1. The number of ether oxygens (including phenoxy) is 1.